The SMILES string of the molecule is C[C@@H](CO)NC(=O)c1cc(=O)[nH]c(=O)[nH]1. The van der Waals surface area contributed by atoms with Crippen molar-refractivity contribution in [2.24, 2.45) is 0 Å². The van der Waals surface area contributed by atoms with E-state index >= 15 is 0 Å². The van der Waals surface area contributed by atoms with Crippen molar-refractivity contribution in [3.63, 3.8) is 0 Å². The molecule has 0 bridgehead atoms. The highest BCUT2D eigenvalue weighted by Gasteiger charge is 2.10. The number of carbonyl (C=O) groups is 1. The molecule has 7 heteroatoms. The first kappa shape index (κ1) is 11.2. The van der Waals surface area contributed by atoms with Gasteiger partial charge >= 0.3 is 5.69 Å². The first-order valence-electron chi connectivity index (χ1n) is 4.28. The van der Waals surface area contributed by atoms with Gasteiger partial charge < -0.3 is 15.4 Å². The Kier molecular flexibility index (Phi) is 3.40. The largest absolute Gasteiger partial charge is 0.394 e. The van der Waals surface area contributed by atoms with Gasteiger partial charge in [-0.3, -0.25) is 14.6 Å². The van der Waals surface area contributed by atoms with Crippen molar-refractivity contribution in [3.05, 3.63) is 32.6 Å². The lowest BCUT2D eigenvalue weighted by Crippen LogP contribution is -2.37. The number of aliphatic hydroxyl groups excluding tert-OH is 1. The highest BCUT2D eigenvalue weighted by molar-refractivity contribution is 5.92. The van der Waals surface area contributed by atoms with Gasteiger partial charge in [0.1, 0.15) is 5.69 Å². The molecule has 0 fully saturated rings. The zero-order valence-corrected chi connectivity index (χ0v) is 8.03. The fourth-order valence-corrected chi connectivity index (χ4v) is 0.938. The van der Waals surface area contributed by atoms with Crippen molar-refractivity contribution in [1.29, 1.82) is 0 Å². The van der Waals surface area contributed by atoms with Crippen molar-refractivity contribution in [2.45, 2.75) is 13.0 Å². The molecule has 0 spiro atoms. The minimum atomic E-state index is -0.746. The second kappa shape index (κ2) is 4.56. The topological polar surface area (TPSA) is 115 Å². The predicted molar refractivity (Wildman–Crippen MR) is 51.7 cm³/mol. The third-order valence-corrected chi connectivity index (χ3v) is 1.66. The van der Waals surface area contributed by atoms with Gasteiger partial charge in [0.15, 0.2) is 0 Å². The molecule has 15 heavy (non-hydrogen) atoms. The number of carbonyl (C=O) groups excluding carboxylic acids is 1. The number of aliphatic hydroxyl groups is 1. The molecule has 0 aliphatic carbocycles. The molecule has 1 atom stereocenters. The average Bonchev–Trinajstić information content (AvgIpc) is 2.16. The molecule has 0 saturated carbocycles. The summed E-state index contributed by atoms with van der Waals surface area (Å²) >= 11 is 0. The second-order valence-corrected chi connectivity index (χ2v) is 3.06. The van der Waals surface area contributed by atoms with Crippen molar-refractivity contribution < 1.29 is 9.90 Å². The minimum Gasteiger partial charge on any atom is -0.394 e. The summed E-state index contributed by atoms with van der Waals surface area (Å²) < 4.78 is 0. The Balaban J connectivity index is 2.92. The van der Waals surface area contributed by atoms with Crippen LogP contribution < -0.4 is 16.6 Å². The summed E-state index contributed by atoms with van der Waals surface area (Å²) in [5.74, 6) is -0.611. The highest BCUT2D eigenvalue weighted by atomic mass is 16.3. The Labute approximate surface area is 84.2 Å². The van der Waals surface area contributed by atoms with Crippen LogP contribution in [0.2, 0.25) is 0 Å². The second-order valence-electron chi connectivity index (χ2n) is 3.06. The van der Waals surface area contributed by atoms with Gasteiger partial charge in [-0.05, 0) is 6.92 Å². The lowest BCUT2D eigenvalue weighted by atomic mass is 10.3. The van der Waals surface area contributed by atoms with E-state index in [2.05, 4.69) is 10.3 Å². The molecular formula is C8H11N3O4. The highest BCUT2D eigenvalue weighted by Crippen LogP contribution is 1.87. The van der Waals surface area contributed by atoms with E-state index in [1.807, 2.05) is 4.98 Å². The third kappa shape index (κ3) is 3.06. The molecule has 0 radical (unpaired) electrons. The van der Waals surface area contributed by atoms with E-state index in [0.29, 0.717) is 0 Å². The Morgan fingerprint density at radius 3 is 2.73 bits per heavy atom. The smallest absolute Gasteiger partial charge is 0.326 e. The monoisotopic (exact) mass is 213 g/mol. The van der Waals surface area contributed by atoms with Gasteiger partial charge in [-0.2, -0.15) is 0 Å². The zero-order valence-electron chi connectivity index (χ0n) is 8.03. The van der Waals surface area contributed by atoms with Gasteiger partial charge in [0, 0.05) is 12.1 Å². The van der Waals surface area contributed by atoms with Crippen LogP contribution in [0, 0.1) is 0 Å². The summed E-state index contributed by atoms with van der Waals surface area (Å²) in [6.45, 7) is 1.36. The van der Waals surface area contributed by atoms with Gasteiger partial charge in [0.25, 0.3) is 11.5 Å². The molecule has 1 aromatic heterocycles. The first-order chi connectivity index (χ1) is 7.02. The van der Waals surface area contributed by atoms with E-state index in [-0.39, 0.29) is 12.3 Å². The van der Waals surface area contributed by atoms with Crippen molar-refractivity contribution >= 4 is 5.91 Å². The van der Waals surface area contributed by atoms with E-state index in [1.54, 1.807) is 6.92 Å². The van der Waals surface area contributed by atoms with Crippen LogP contribution in [-0.4, -0.2) is 33.6 Å². The number of rotatable bonds is 3. The molecule has 1 heterocycles. The van der Waals surface area contributed by atoms with E-state index in [4.69, 9.17) is 5.11 Å². The molecular weight excluding hydrogens is 202 g/mol. The molecule has 0 aliphatic rings. The van der Waals surface area contributed by atoms with Crippen LogP contribution in [0.4, 0.5) is 0 Å². The maximum Gasteiger partial charge on any atom is 0.326 e. The number of nitrogens with one attached hydrogen (secondary N) is 3. The van der Waals surface area contributed by atoms with Crippen LogP contribution in [0.3, 0.4) is 0 Å². The van der Waals surface area contributed by atoms with E-state index < -0.39 is 23.2 Å². The number of aromatic nitrogens is 2. The number of aromatic amines is 2. The van der Waals surface area contributed by atoms with Crippen LogP contribution in [0.25, 0.3) is 0 Å². The van der Waals surface area contributed by atoms with Crippen LogP contribution in [0.15, 0.2) is 15.7 Å². The van der Waals surface area contributed by atoms with E-state index in [9.17, 15) is 14.4 Å². The molecule has 0 aliphatic heterocycles. The van der Waals surface area contributed by atoms with E-state index in [1.165, 1.54) is 0 Å². The van der Waals surface area contributed by atoms with E-state index in [0.717, 1.165) is 6.07 Å². The normalized spacial score (nSPS) is 12.1. The number of hydrogen-bond donors (Lipinski definition) is 4. The maximum absolute atomic E-state index is 11.4. The summed E-state index contributed by atoms with van der Waals surface area (Å²) in [6.07, 6.45) is 0. The molecule has 0 aromatic carbocycles. The van der Waals surface area contributed by atoms with Gasteiger partial charge in [0.05, 0.1) is 6.61 Å². The van der Waals surface area contributed by atoms with Crippen molar-refractivity contribution in [1.82, 2.24) is 15.3 Å². The Morgan fingerprint density at radius 2 is 2.20 bits per heavy atom. The molecule has 1 rings (SSSR count). The maximum atomic E-state index is 11.4. The molecule has 0 saturated heterocycles. The van der Waals surface area contributed by atoms with Crippen molar-refractivity contribution in [3.8, 4) is 0 Å². The molecule has 7 nitrogen and oxygen atoms in total. The molecule has 0 unspecified atom stereocenters. The standard InChI is InChI=1S/C8H11N3O4/c1-4(3-12)9-7(14)5-2-6(13)11-8(15)10-5/h2,4,12H,3H2,1H3,(H,9,14)(H2,10,11,13,15)/t4-/m0/s1. The van der Waals surface area contributed by atoms with Crippen LogP contribution >= 0.6 is 0 Å². The summed E-state index contributed by atoms with van der Waals surface area (Å²) in [6, 6.07) is 0.529. The Bertz CT molecular complexity index is 433. The minimum absolute atomic E-state index is 0.135. The summed E-state index contributed by atoms with van der Waals surface area (Å²) in [7, 11) is 0. The Hall–Kier alpha value is -1.89. The summed E-state index contributed by atoms with van der Waals surface area (Å²) in [5, 5.41) is 11.1. The molecule has 82 valence electrons. The Morgan fingerprint density at radius 1 is 1.53 bits per heavy atom. The molecule has 4 N–H and O–H groups in total. The molecule has 1 aromatic rings. The van der Waals surface area contributed by atoms with Crippen LogP contribution in [0.5, 0.6) is 0 Å². The zero-order chi connectivity index (χ0) is 11.4. The fraction of sp³-hybridized carbons (Fsp3) is 0.375. The predicted octanol–water partition coefficient (Wildman–Crippen LogP) is -1.83. The van der Waals surface area contributed by atoms with Crippen LogP contribution in [-0.2, 0) is 0 Å². The average molecular weight is 213 g/mol. The number of amides is 1. The summed E-state index contributed by atoms with van der Waals surface area (Å²) in [4.78, 5) is 37.2. The lowest BCUT2D eigenvalue weighted by molar-refractivity contribution is 0.0916. The van der Waals surface area contributed by atoms with Crippen LogP contribution in [0.1, 0.15) is 17.4 Å². The van der Waals surface area contributed by atoms with Gasteiger partial charge in [-0.15, -0.1) is 0 Å². The van der Waals surface area contributed by atoms with Gasteiger partial charge in [0.2, 0.25) is 0 Å². The summed E-state index contributed by atoms with van der Waals surface area (Å²) in [5.41, 5.74) is -1.53. The third-order valence-electron chi connectivity index (χ3n) is 1.66. The number of hydrogen-bond acceptors (Lipinski definition) is 4. The number of H-pyrrole nitrogens is 2. The van der Waals surface area contributed by atoms with Gasteiger partial charge in [-0.1, -0.05) is 0 Å². The lowest BCUT2D eigenvalue weighted by Gasteiger charge is -2.09. The first-order valence-corrected chi connectivity index (χ1v) is 4.28. The molecule has 1 amide bonds. The quantitative estimate of drug-likeness (QED) is 0.473. The van der Waals surface area contributed by atoms with Crippen molar-refractivity contribution in [2.75, 3.05) is 6.61 Å². The fourth-order valence-electron chi connectivity index (χ4n) is 0.938. The van der Waals surface area contributed by atoms with Gasteiger partial charge in [-0.25, -0.2) is 4.79 Å².